The molecule has 1 heterocycles. The zero-order valence-electron chi connectivity index (χ0n) is 11.0. The summed E-state index contributed by atoms with van der Waals surface area (Å²) in [6.45, 7) is 0.558. The van der Waals surface area contributed by atoms with E-state index in [0.717, 1.165) is 5.56 Å². The van der Waals surface area contributed by atoms with Gasteiger partial charge in [-0.1, -0.05) is 30.3 Å². The Bertz CT molecular complexity index is 461. The largest absolute Gasteiger partial charge is 0.350 e. The molecule has 1 fully saturated rings. The molecule has 2 rings (SSSR count). The number of amides is 2. The molecule has 0 bridgehead atoms. The number of carbonyl (C=O) groups excluding carboxylic acids is 2. The number of benzene rings is 1. The number of hydrogen-bond acceptors (Lipinski definition) is 3. The van der Waals surface area contributed by atoms with Crippen LogP contribution in [-0.2, 0) is 16.0 Å². The van der Waals surface area contributed by atoms with Crippen molar-refractivity contribution in [2.24, 2.45) is 5.73 Å². The van der Waals surface area contributed by atoms with Crippen LogP contribution in [0.1, 0.15) is 12.0 Å². The third-order valence-corrected chi connectivity index (χ3v) is 3.32. The van der Waals surface area contributed by atoms with E-state index in [0.29, 0.717) is 19.4 Å². The second kappa shape index (κ2) is 5.84. The molecule has 0 aliphatic carbocycles. The molecule has 0 radical (unpaired) electrons. The number of rotatable bonds is 4. The maximum Gasteiger partial charge on any atom is 0.237 e. The molecule has 0 spiro atoms. The molecular weight excluding hydrogens is 242 g/mol. The summed E-state index contributed by atoms with van der Waals surface area (Å²) in [5.74, 6) is -0.140. The predicted molar refractivity (Wildman–Crippen MR) is 72.3 cm³/mol. The van der Waals surface area contributed by atoms with Crippen molar-refractivity contribution in [2.75, 3.05) is 13.6 Å². The number of nitrogens with one attached hydrogen (secondary N) is 1. The van der Waals surface area contributed by atoms with Gasteiger partial charge in [0.15, 0.2) is 0 Å². The average Bonchev–Trinajstić information content (AvgIpc) is 2.69. The summed E-state index contributed by atoms with van der Waals surface area (Å²) in [7, 11) is 1.73. The Hall–Kier alpha value is -1.88. The van der Waals surface area contributed by atoms with Crippen LogP contribution in [-0.4, -0.2) is 42.4 Å². The Morgan fingerprint density at radius 1 is 1.47 bits per heavy atom. The van der Waals surface area contributed by atoms with Gasteiger partial charge in [0, 0.05) is 20.0 Å². The van der Waals surface area contributed by atoms with Crippen LogP contribution in [0.3, 0.4) is 0 Å². The maximum absolute atomic E-state index is 12.0. The molecule has 19 heavy (non-hydrogen) atoms. The number of carbonyl (C=O) groups is 2. The quantitative estimate of drug-likeness (QED) is 0.795. The predicted octanol–water partition coefficient (Wildman–Crippen LogP) is -0.0967. The molecule has 1 unspecified atom stereocenters. The van der Waals surface area contributed by atoms with Crippen molar-refractivity contribution in [3.63, 3.8) is 0 Å². The van der Waals surface area contributed by atoms with Crippen LogP contribution in [0, 0.1) is 0 Å². The fraction of sp³-hybridized carbons (Fsp3) is 0.429. The second-order valence-corrected chi connectivity index (χ2v) is 4.98. The van der Waals surface area contributed by atoms with Gasteiger partial charge in [0.1, 0.15) is 0 Å². The monoisotopic (exact) mass is 261 g/mol. The summed E-state index contributed by atoms with van der Waals surface area (Å²) in [5, 5.41) is 2.83. The fourth-order valence-electron chi connectivity index (χ4n) is 2.23. The first kappa shape index (κ1) is 13.5. The Kier molecular flexibility index (Phi) is 4.16. The maximum atomic E-state index is 12.0. The summed E-state index contributed by atoms with van der Waals surface area (Å²) in [6.07, 6.45) is 0.865. The summed E-state index contributed by atoms with van der Waals surface area (Å²) >= 11 is 0. The Labute approximate surface area is 112 Å². The molecule has 1 aliphatic rings. The van der Waals surface area contributed by atoms with E-state index in [1.54, 1.807) is 11.9 Å². The SMILES string of the molecule is CN1CC(NC(=O)[C@@H](N)Cc2ccccc2)CC1=O. The number of hydrogen-bond donors (Lipinski definition) is 2. The number of nitrogens with two attached hydrogens (primary N) is 1. The van der Waals surface area contributed by atoms with E-state index in [1.165, 1.54) is 0 Å². The fourth-order valence-corrected chi connectivity index (χ4v) is 2.23. The van der Waals surface area contributed by atoms with Crippen molar-refractivity contribution in [1.82, 2.24) is 10.2 Å². The van der Waals surface area contributed by atoms with Gasteiger partial charge in [-0.15, -0.1) is 0 Å². The zero-order chi connectivity index (χ0) is 13.8. The first-order chi connectivity index (χ1) is 9.06. The van der Waals surface area contributed by atoms with Crippen LogP contribution in [0.25, 0.3) is 0 Å². The lowest BCUT2D eigenvalue weighted by Gasteiger charge is -2.16. The van der Waals surface area contributed by atoms with Gasteiger partial charge < -0.3 is 16.0 Å². The third kappa shape index (κ3) is 3.54. The molecule has 2 atom stereocenters. The highest BCUT2D eigenvalue weighted by molar-refractivity contribution is 5.84. The van der Waals surface area contributed by atoms with Crippen molar-refractivity contribution in [3.8, 4) is 0 Å². The summed E-state index contributed by atoms with van der Waals surface area (Å²) in [5.41, 5.74) is 6.92. The first-order valence-corrected chi connectivity index (χ1v) is 6.40. The lowest BCUT2D eigenvalue weighted by molar-refractivity contribution is -0.126. The van der Waals surface area contributed by atoms with Crippen molar-refractivity contribution >= 4 is 11.8 Å². The summed E-state index contributed by atoms with van der Waals surface area (Å²) < 4.78 is 0. The highest BCUT2D eigenvalue weighted by Gasteiger charge is 2.29. The van der Waals surface area contributed by atoms with Crippen molar-refractivity contribution < 1.29 is 9.59 Å². The van der Waals surface area contributed by atoms with Crippen LogP contribution >= 0.6 is 0 Å². The van der Waals surface area contributed by atoms with Crippen LogP contribution in [0.15, 0.2) is 30.3 Å². The molecule has 5 nitrogen and oxygen atoms in total. The summed E-state index contributed by atoms with van der Waals surface area (Å²) in [4.78, 5) is 24.9. The number of nitrogens with zero attached hydrogens (tertiary/aromatic N) is 1. The van der Waals surface area contributed by atoms with Crippen LogP contribution in [0.2, 0.25) is 0 Å². The van der Waals surface area contributed by atoms with Crippen molar-refractivity contribution in [2.45, 2.75) is 24.9 Å². The average molecular weight is 261 g/mol. The highest BCUT2D eigenvalue weighted by Crippen LogP contribution is 2.09. The van der Waals surface area contributed by atoms with Gasteiger partial charge in [-0.25, -0.2) is 0 Å². The molecule has 1 aromatic rings. The molecule has 0 saturated carbocycles. The van der Waals surface area contributed by atoms with Crippen molar-refractivity contribution in [1.29, 1.82) is 0 Å². The number of likely N-dealkylation sites (tertiary alicyclic amines) is 1. The van der Waals surface area contributed by atoms with Crippen LogP contribution in [0.4, 0.5) is 0 Å². The van der Waals surface area contributed by atoms with E-state index < -0.39 is 6.04 Å². The summed E-state index contributed by atoms with van der Waals surface area (Å²) in [6, 6.07) is 8.96. The second-order valence-electron chi connectivity index (χ2n) is 4.98. The van der Waals surface area contributed by atoms with E-state index in [4.69, 9.17) is 5.73 Å². The number of likely N-dealkylation sites (N-methyl/N-ethyl adjacent to an activating group) is 1. The van der Waals surface area contributed by atoms with Crippen molar-refractivity contribution in [3.05, 3.63) is 35.9 Å². The minimum Gasteiger partial charge on any atom is -0.350 e. The minimum atomic E-state index is -0.580. The van der Waals surface area contributed by atoms with E-state index in [1.807, 2.05) is 30.3 Å². The molecule has 102 valence electrons. The molecule has 2 amide bonds. The minimum absolute atomic E-state index is 0.0573. The Balaban J connectivity index is 1.85. The standard InChI is InChI=1S/C14H19N3O2/c1-17-9-11(8-13(17)18)16-14(19)12(15)7-10-5-3-2-4-6-10/h2-6,11-12H,7-9,15H2,1H3,(H,16,19)/t11?,12-/m0/s1. The van der Waals surface area contributed by atoms with Gasteiger partial charge in [-0.2, -0.15) is 0 Å². The van der Waals surface area contributed by atoms with Gasteiger partial charge in [-0.05, 0) is 12.0 Å². The molecule has 1 aromatic carbocycles. The highest BCUT2D eigenvalue weighted by atomic mass is 16.2. The van der Waals surface area contributed by atoms with Crippen LogP contribution in [0.5, 0.6) is 0 Å². The van der Waals surface area contributed by atoms with E-state index >= 15 is 0 Å². The van der Waals surface area contributed by atoms with Gasteiger partial charge >= 0.3 is 0 Å². The zero-order valence-corrected chi connectivity index (χ0v) is 11.0. The Morgan fingerprint density at radius 2 is 2.16 bits per heavy atom. The molecule has 1 aliphatic heterocycles. The van der Waals surface area contributed by atoms with Gasteiger partial charge in [0.2, 0.25) is 11.8 Å². The van der Waals surface area contributed by atoms with Gasteiger partial charge in [0.05, 0.1) is 12.1 Å². The lowest BCUT2D eigenvalue weighted by Crippen LogP contribution is -2.47. The molecular formula is C14H19N3O2. The van der Waals surface area contributed by atoms with E-state index in [2.05, 4.69) is 5.32 Å². The molecule has 3 N–H and O–H groups in total. The smallest absolute Gasteiger partial charge is 0.237 e. The normalized spacial score (nSPS) is 20.4. The first-order valence-electron chi connectivity index (χ1n) is 6.40. The van der Waals surface area contributed by atoms with E-state index in [-0.39, 0.29) is 17.9 Å². The van der Waals surface area contributed by atoms with Gasteiger partial charge in [0.25, 0.3) is 0 Å². The molecule has 1 saturated heterocycles. The van der Waals surface area contributed by atoms with Gasteiger partial charge in [-0.3, -0.25) is 9.59 Å². The molecule has 0 aromatic heterocycles. The lowest BCUT2D eigenvalue weighted by atomic mass is 10.1. The van der Waals surface area contributed by atoms with E-state index in [9.17, 15) is 9.59 Å². The third-order valence-electron chi connectivity index (χ3n) is 3.32. The molecule has 5 heteroatoms. The topological polar surface area (TPSA) is 75.4 Å². The Morgan fingerprint density at radius 3 is 2.74 bits per heavy atom. The van der Waals surface area contributed by atoms with Crippen LogP contribution < -0.4 is 11.1 Å².